The van der Waals surface area contributed by atoms with E-state index < -0.39 is 5.41 Å². The first-order valence-electron chi connectivity index (χ1n) is 10.6. The summed E-state index contributed by atoms with van der Waals surface area (Å²) in [6.45, 7) is 3.36. The molecule has 4 heterocycles. The van der Waals surface area contributed by atoms with Crippen LogP contribution in [0.1, 0.15) is 48.7 Å². The van der Waals surface area contributed by atoms with Crippen molar-refractivity contribution in [2.24, 2.45) is 5.41 Å². The standard InChI is InChI=1S/C22H26N4O4/c1-2-22(21(28)23-13-14-8-9-24-25-14)12-15-6-7-18(22)26(15)20(27)16-4-3-5-17-19(16)30-11-10-29-17/h3-5,8-9,15,18H,2,6-7,10-13H2,1H3,(H,23,28)(H,24,25)/t15-,18+,22+/m1/s1. The largest absolute Gasteiger partial charge is 0.486 e. The number of hydrogen-bond acceptors (Lipinski definition) is 5. The first-order chi connectivity index (χ1) is 14.6. The molecule has 0 saturated carbocycles. The van der Waals surface area contributed by atoms with Gasteiger partial charge < -0.3 is 19.7 Å². The van der Waals surface area contributed by atoms with Crippen LogP contribution in [0.2, 0.25) is 0 Å². The lowest BCUT2D eigenvalue weighted by atomic mass is 9.71. The Morgan fingerprint density at radius 1 is 1.27 bits per heavy atom. The van der Waals surface area contributed by atoms with Crippen LogP contribution in [0.4, 0.5) is 0 Å². The molecule has 30 heavy (non-hydrogen) atoms. The first-order valence-corrected chi connectivity index (χ1v) is 10.6. The van der Waals surface area contributed by atoms with Crippen LogP contribution in [0, 0.1) is 5.41 Å². The van der Waals surface area contributed by atoms with Crippen LogP contribution in [-0.4, -0.2) is 52.2 Å². The molecule has 3 aliphatic rings. The zero-order valence-electron chi connectivity index (χ0n) is 17.0. The van der Waals surface area contributed by atoms with Crippen LogP contribution in [0.5, 0.6) is 11.5 Å². The minimum Gasteiger partial charge on any atom is -0.486 e. The molecule has 5 rings (SSSR count). The van der Waals surface area contributed by atoms with E-state index in [0.717, 1.165) is 18.5 Å². The highest BCUT2D eigenvalue weighted by atomic mass is 16.6. The van der Waals surface area contributed by atoms with E-state index in [4.69, 9.17) is 9.47 Å². The number of rotatable bonds is 5. The van der Waals surface area contributed by atoms with Gasteiger partial charge in [0.15, 0.2) is 11.5 Å². The summed E-state index contributed by atoms with van der Waals surface area (Å²) in [5, 5.41) is 9.86. The number of aromatic nitrogens is 2. The fraction of sp³-hybridized carbons (Fsp3) is 0.500. The molecule has 1 aromatic heterocycles. The Kier molecular flexibility index (Phi) is 4.64. The van der Waals surface area contributed by atoms with Crippen LogP contribution < -0.4 is 14.8 Å². The summed E-state index contributed by atoms with van der Waals surface area (Å²) in [7, 11) is 0. The van der Waals surface area contributed by atoms with Crippen LogP contribution in [0.3, 0.4) is 0 Å². The van der Waals surface area contributed by atoms with E-state index in [1.807, 2.05) is 30.0 Å². The minimum absolute atomic E-state index is 0.0132. The molecular formula is C22H26N4O4. The molecule has 0 unspecified atom stereocenters. The maximum atomic E-state index is 13.6. The van der Waals surface area contributed by atoms with Gasteiger partial charge in [0.25, 0.3) is 5.91 Å². The van der Waals surface area contributed by atoms with Crippen molar-refractivity contribution >= 4 is 11.8 Å². The van der Waals surface area contributed by atoms with Crippen molar-refractivity contribution in [1.82, 2.24) is 20.4 Å². The van der Waals surface area contributed by atoms with E-state index in [0.29, 0.717) is 49.7 Å². The summed E-state index contributed by atoms with van der Waals surface area (Å²) in [6, 6.07) is 7.24. The fourth-order valence-corrected chi connectivity index (χ4v) is 5.39. The molecule has 2 saturated heterocycles. The van der Waals surface area contributed by atoms with Crippen molar-refractivity contribution in [3.8, 4) is 11.5 Å². The predicted octanol–water partition coefficient (Wildman–Crippen LogP) is 2.27. The number of aromatic amines is 1. The predicted molar refractivity (Wildman–Crippen MR) is 108 cm³/mol. The number of H-pyrrole nitrogens is 1. The lowest BCUT2D eigenvalue weighted by molar-refractivity contribution is -0.133. The zero-order valence-corrected chi connectivity index (χ0v) is 17.0. The molecule has 2 bridgehead atoms. The maximum Gasteiger partial charge on any atom is 0.258 e. The van der Waals surface area contributed by atoms with E-state index in [2.05, 4.69) is 15.5 Å². The van der Waals surface area contributed by atoms with Crippen molar-refractivity contribution in [1.29, 1.82) is 0 Å². The molecule has 0 radical (unpaired) electrons. The van der Waals surface area contributed by atoms with Crippen LogP contribution >= 0.6 is 0 Å². The highest BCUT2D eigenvalue weighted by molar-refractivity contribution is 5.99. The number of nitrogens with zero attached hydrogens (tertiary/aromatic N) is 2. The maximum absolute atomic E-state index is 13.6. The van der Waals surface area contributed by atoms with Crippen molar-refractivity contribution in [3.63, 3.8) is 0 Å². The molecule has 1 aromatic carbocycles. The Morgan fingerprint density at radius 3 is 2.93 bits per heavy atom. The number of nitrogens with one attached hydrogen (secondary N) is 2. The summed E-state index contributed by atoms with van der Waals surface area (Å²) in [6.07, 6.45) is 4.83. The Labute approximate surface area is 174 Å². The SMILES string of the molecule is CC[C@]1(C(=O)NCc2ccn[nH]2)C[C@H]2CC[C@@H]1N2C(=O)c1cccc2c1OCCO2. The molecule has 2 aromatic rings. The van der Waals surface area contributed by atoms with E-state index in [1.165, 1.54) is 0 Å². The van der Waals surface area contributed by atoms with Crippen molar-refractivity contribution in [2.45, 2.75) is 51.2 Å². The number of benzene rings is 1. The Bertz CT molecular complexity index is 960. The van der Waals surface area contributed by atoms with Gasteiger partial charge >= 0.3 is 0 Å². The summed E-state index contributed by atoms with van der Waals surface area (Å²) in [5.41, 5.74) is 0.817. The lowest BCUT2D eigenvalue weighted by Crippen LogP contribution is -2.49. The number of carbonyl (C=O) groups excluding carboxylic acids is 2. The van der Waals surface area contributed by atoms with Crippen LogP contribution in [-0.2, 0) is 11.3 Å². The number of para-hydroxylation sites is 1. The molecule has 2 fully saturated rings. The molecule has 8 nitrogen and oxygen atoms in total. The van der Waals surface area contributed by atoms with Crippen molar-refractivity contribution in [2.75, 3.05) is 13.2 Å². The van der Waals surface area contributed by atoms with Gasteiger partial charge in [-0.15, -0.1) is 0 Å². The molecular weight excluding hydrogens is 384 g/mol. The monoisotopic (exact) mass is 410 g/mol. The molecule has 0 spiro atoms. The second kappa shape index (κ2) is 7.34. The molecule has 8 heteroatoms. The number of amides is 2. The summed E-state index contributed by atoms with van der Waals surface area (Å²) >= 11 is 0. The van der Waals surface area contributed by atoms with Gasteiger partial charge in [-0.2, -0.15) is 5.10 Å². The van der Waals surface area contributed by atoms with Crippen LogP contribution in [0.25, 0.3) is 0 Å². The second-order valence-electron chi connectivity index (χ2n) is 8.27. The average molecular weight is 410 g/mol. The van der Waals surface area contributed by atoms with E-state index in [1.54, 1.807) is 12.3 Å². The van der Waals surface area contributed by atoms with Gasteiger partial charge in [0.05, 0.1) is 23.2 Å². The quantitative estimate of drug-likeness (QED) is 0.788. The molecule has 3 aliphatic heterocycles. The van der Waals surface area contributed by atoms with Gasteiger partial charge in [-0.1, -0.05) is 13.0 Å². The van der Waals surface area contributed by atoms with Gasteiger partial charge in [0, 0.05) is 18.3 Å². The van der Waals surface area contributed by atoms with Crippen molar-refractivity contribution in [3.05, 3.63) is 41.7 Å². The highest BCUT2D eigenvalue weighted by Gasteiger charge is 2.60. The summed E-state index contributed by atoms with van der Waals surface area (Å²) in [4.78, 5) is 28.8. The third-order valence-corrected chi connectivity index (χ3v) is 6.85. The Balaban J connectivity index is 1.40. The van der Waals surface area contributed by atoms with Gasteiger partial charge in [0.2, 0.25) is 5.91 Å². The van der Waals surface area contributed by atoms with Crippen LogP contribution in [0.15, 0.2) is 30.5 Å². The third kappa shape index (κ3) is 2.85. The number of hydrogen-bond donors (Lipinski definition) is 2. The normalized spacial score (nSPS) is 26.6. The molecule has 2 N–H and O–H groups in total. The van der Waals surface area contributed by atoms with Gasteiger partial charge in [-0.25, -0.2) is 0 Å². The number of ether oxygens (including phenoxy) is 2. The average Bonchev–Trinajstić information content (AvgIpc) is 3.52. The Hall–Kier alpha value is -3.03. The molecule has 3 atom stereocenters. The minimum atomic E-state index is -0.565. The smallest absolute Gasteiger partial charge is 0.258 e. The van der Waals surface area contributed by atoms with E-state index >= 15 is 0 Å². The first kappa shape index (κ1) is 19.0. The fourth-order valence-electron chi connectivity index (χ4n) is 5.39. The van der Waals surface area contributed by atoms with Gasteiger partial charge in [-0.05, 0) is 43.9 Å². The number of carbonyl (C=O) groups is 2. The van der Waals surface area contributed by atoms with E-state index in [9.17, 15) is 9.59 Å². The highest BCUT2D eigenvalue weighted by Crippen LogP contribution is 2.53. The lowest BCUT2D eigenvalue weighted by Gasteiger charge is -2.35. The van der Waals surface area contributed by atoms with Gasteiger partial charge in [-0.3, -0.25) is 14.7 Å². The molecule has 2 amide bonds. The summed E-state index contributed by atoms with van der Waals surface area (Å²) < 4.78 is 11.4. The molecule has 0 aliphatic carbocycles. The number of fused-ring (bicyclic) bond motifs is 3. The third-order valence-electron chi connectivity index (χ3n) is 6.85. The molecule has 158 valence electrons. The topological polar surface area (TPSA) is 96.6 Å². The zero-order chi connectivity index (χ0) is 20.7. The summed E-state index contributed by atoms with van der Waals surface area (Å²) in [5.74, 6) is 1.07. The van der Waals surface area contributed by atoms with Crippen molar-refractivity contribution < 1.29 is 19.1 Å². The van der Waals surface area contributed by atoms with E-state index in [-0.39, 0.29) is 23.9 Å². The second-order valence-corrected chi connectivity index (χ2v) is 8.27. The van der Waals surface area contributed by atoms with Gasteiger partial charge in [0.1, 0.15) is 13.2 Å². The Morgan fingerprint density at radius 2 is 2.13 bits per heavy atom.